The molecule has 0 aromatic heterocycles. The van der Waals surface area contributed by atoms with Gasteiger partial charge < -0.3 is 14.6 Å². The Morgan fingerprint density at radius 3 is 2.17 bits per heavy atom. The van der Waals surface area contributed by atoms with Crippen LogP contribution in [0, 0.1) is 0 Å². The van der Waals surface area contributed by atoms with Crippen molar-refractivity contribution in [2.24, 2.45) is 0 Å². The number of carbonyl (C=O) groups is 2. The third-order valence-corrected chi connectivity index (χ3v) is 3.68. The molecule has 1 aromatic rings. The second-order valence-corrected chi connectivity index (χ2v) is 7.24. The van der Waals surface area contributed by atoms with E-state index in [1.54, 1.807) is 40.7 Å². The summed E-state index contributed by atoms with van der Waals surface area (Å²) in [6.07, 6.45) is -0.0136. The zero-order chi connectivity index (χ0) is 18.0. The molecule has 0 aliphatic rings. The summed E-state index contributed by atoms with van der Waals surface area (Å²) >= 11 is 6.23. The zero-order valence-corrected chi connectivity index (χ0v) is 15.1. The Morgan fingerprint density at radius 2 is 1.74 bits per heavy atom. The minimum atomic E-state index is -1.17. The molecule has 5 nitrogen and oxygen atoms in total. The molecule has 0 aliphatic heterocycles. The third kappa shape index (κ3) is 4.86. The summed E-state index contributed by atoms with van der Waals surface area (Å²) in [4.78, 5) is 23.4. The Balaban J connectivity index is 3.20. The monoisotopic (exact) mass is 342 g/mol. The van der Waals surface area contributed by atoms with Crippen molar-refractivity contribution in [1.82, 2.24) is 0 Å². The van der Waals surface area contributed by atoms with Crippen LogP contribution in [0.15, 0.2) is 12.1 Å². The predicted octanol–water partition coefficient (Wildman–Crippen LogP) is 3.60. The maximum atomic E-state index is 12.0. The van der Waals surface area contributed by atoms with E-state index in [1.165, 1.54) is 13.2 Å². The molecule has 0 fully saturated rings. The number of hydrogen-bond acceptors (Lipinski definition) is 4. The predicted molar refractivity (Wildman–Crippen MR) is 88.2 cm³/mol. The summed E-state index contributed by atoms with van der Waals surface area (Å²) < 4.78 is 10.6. The molecule has 23 heavy (non-hydrogen) atoms. The summed E-state index contributed by atoms with van der Waals surface area (Å²) in [5.41, 5.74) is -0.772. The van der Waals surface area contributed by atoms with Gasteiger partial charge in [-0.3, -0.25) is 9.59 Å². The summed E-state index contributed by atoms with van der Waals surface area (Å²) in [7, 11) is 1.45. The number of rotatable bonds is 5. The molecule has 128 valence electrons. The molecule has 0 aliphatic carbocycles. The van der Waals surface area contributed by atoms with E-state index in [9.17, 15) is 14.7 Å². The first-order chi connectivity index (χ1) is 10.4. The van der Waals surface area contributed by atoms with E-state index in [0.717, 1.165) is 0 Å². The first kappa shape index (κ1) is 19.3. The normalized spacial score (nSPS) is 12.0. The van der Waals surface area contributed by atoms with E-state index in [4.69, 9.17) is 21.1 Å². The number of methoxy groups -OCH3 is 1. The Labute approximate surface area is 141 Å². The van der Waals surface area contributed by atoms with Crippen molar-refractivity contribution in [2.45, 2.75) is 52.1 Å². The number of hydrogen-bond donors (Lipinski definition) is 1. The molecule has 0 radical (unpaired) electrons. The molecule has 0 unspecified atom stereocenters. The van der Waals surface area contributed by atoms with E-state index in [-0.39, 0.29) is 6.42 Å². The number of halogens is 1. The lowest BCUT2D eigenvalue weighted by atomic mass is 9.83. The highest BCUT2D eigenvalue weighted by atomic mass is 35.5. The molecule has 1 N–H and O–H groups in total. The number of esters is 1. The number of carbonyl (C=O) groups excluding carboxylic acids is 1. The van der Waals surface area contributed by atoms with Crippen molar-refractivity contribution < 1.29 is 24.2 Å². The van der Waals surface area contributed by atoms with Crippen LogP contribution in [-0.2, 0) is 26.2 Å². The van der Waals surface area contributed by atoms with Crippen molar-refractivity contribution in [3.8, 4) is 5.75 Å². The van der Waals surface area contributed by atoms with Crippen LogP contribution in [0.25, 0.3) is 0 Å². The van der Waals surface area contributed by atoms with E-state index in [0.29, 0.717) is 21.9 Å². The maximum Gasteiger partial charge on any atom is 0.313 e. The van der Waals surface area contributed by atoms with Crippen molar-refractivity contribution in [2.75, 3.05) is 7.11 Å². The standard InChI is InChI=1S/C17H23ClO5/c1-16(2,3)23-14(19)8-10-7-13(22-6)11(9-12(10)18)17(4,5)15(20)21/h7,9H,8H2,1-6H3,(H,20,21). The van der Waals surface area contributed by atoms with Crippen molar-refractivity contribution in [1.29, 1.82) is 0 Å². The number of aliphatic carboxylic acids is 1. The highest BCUT2D eigenvalue weighted by Crippen LogP contribution is 2.36. The number of benzene rings is 1. The van der Waals surface area contributed by atoms with E-state index >= 15 is 0 Å². The van der Waals surface area contributed by atoms with Crippen LogP contribution in [0.4, 0.5) is 0 Å². The van der Waals surface area contributed by atoms with Crippen LogP contribution < -0.4 is 4.74 Å². The maximum absolute atomic E-state index is 12.0. The lowest BCUT2D eigenvalue weighted by molar-refractivity contribution is -0.154. The second-order valence-electron chi connectivity index (χ2n) is 6.84. The molecule has 0 spiro atoms. The van der Waals surface area contributed by atoms with Gasteiger partial charge in [0.15, 0.2) is 0 Å². The molecular formula is C17H23ClO5. The van der Waals surface area contributed by atoms with Gasteiger partial charge in [0.25, 0.3) is 0 Å². The van der Waals surface area contributed by atoms with Crippen molar-refractivity contribution in [3.63, 3.8) is 0 Å². The molecule has 0 atom stereocenters. The van der Waals surface area contributed by atoms with Gasteiger partial charge in [-0.25, -0.2) is 0 Å². The smallest absolute Gasteiger partial charge is 0.313 e. The highest BCUT2D eigenvalue weighted by Gasteiger charge is 2.33. The molecule has 1 rings (SSSR count). The molecule has 0 amide bonds. The molecule has 0 saturated heterocycles. The number of ether oxygens (including phenoxy) is 2. The van der Waals surface area contributed by atoms with E-state index in [2.05, 4.69) is 0 Å². The molecular weight excluding hydrogens is 320 g/mol. The van der Waals surface area contributed by atoms with Crippen molar-refractivity contribution >= 4 is 23.5 Å². The van der Waals surface area contributed by atoms with Gasteiger partial charge in [0, 0.05) is 10.6 Å². The van der Waals surface area contributed by atoms with Crippen LogP contribution in [-0.4, -0.2) is 29.8 Å². The largest absolute Gasteiger partial charge is 0.496 e. The van der Waals surface area contributed by atoms with Gasteiger partial charge >= 0.3 is 11.9 Å². The third-order valence-electron chi connectivity index (χ3n) is 3.33. The number of carboxylic acids is 1. The average Bonchev–Trinajstić information content (AvgIpc) is 2.38. The van der Waals surface area contributed by atoms with Crippen molar-refractivity contribution in [3.05, 3.63) is 28.3 Å². The molecule has 0 bridgehead atoms. The zero-order valence-electron chi connectivity index (χ0n) is 14.3. The first-order valence-electron chi connectivity index (χ1n) is 7.20. The first-order valence-corrected chi connectivity index (χ1v) is 7.58. The van der Waals surface area contributed by atoms with Gasteiger partial charge in [-0.2, -0.15) is 0 Å². The minimum absolute atomic E-state index is 0.0136. The van der Waals surface area contributed by atoms with E-state index in [1.807, 2.05) is 0 Å². The van der Waals surface area contributed by atoms with Crippen LogP contribution in [0.1, 0.15) is 45.7 Å². The van der Waals surface area contributed by atoms with E-state index < -0.39 is 23.0 Å². The fourth-order valence-corrected chi connectivity index (χ4v) is 2.27. The Hall–Kier alpha value is -1.75. The number of carboxylic acid groups (broad SMARTS) is 1. The SMILES string of the molecule is COc1cc(CC(=O)OC(C)(C)C)c(Cl)cc1C(C)(C)C(=O)O. The molecule has 1 aromatic carbocycles. The summed E-state index contributed by atoms with van der Waals surface area (Å²) in [6.45, 7) is 8.48. The fourth-order valence-electron chi connectivity index (χ4n) is 2.04. The summed E-state index contributed by atoms with van der Waals surface area (Å²) in [5, 5.41) is 9.68. The van der Waals surface area contributed by atoms with Gasteiger partial charge in [0.2, 0.25) is 0 Å². The van der Waals surface area contributed by atoms with Crippen LogP contribution in [0.3, 0.4) is 0 Å². The van der Waals surface area contributed by atoms with Gasteiger partial charge in [-0.05, 0) is 52.3 Å². The van der Waals surface area contributed by atoms with Gasteiger partial charge in [0.1, 0.15) is 11.4 Å². The lowest BCUT2D eigenvalue weighted by Crippen LogP contribution is -2.29. The minimum Gasteiger partial charge on any atom is -0.496 e. The van der Waals surface area contributed by atoms with Crippen LogP contribution >= 0.6 is 11.6 Å². The highest BCUT2D eigenvalue weighted by molar-refractivity contribution is 6.31. The molecule has 6 heteroatoms. The van der Waals surface area contributed by atoms with Gasteiger partial charge in [-0.1, -0.05) is 11.6 Å². The molecule has 0 saturated carbocycles. The average molecular weight is 343 g/mol. The Morgan fingerprint density at radius 1 is 1.17 bits per heavy atom. The quantitative estimate of drug-likeness (QED) is 0.828. The fraction of sp³-hybridized carbons (Fsp3) is 0.529. The molecule has 0 heterocycles. The van der Waals surface area contributed by atoms with Crippen LogP contribution in [0.5, 0.6) is 5.75 Å². The Bertz CT molecular complexity index is 614. The topological polar surface area (TPSA) is 72.8 Å². The lowest BCUT2D eigenvalue weighted by Gasteiger charge is -2.24. The van der Waals surface area contributed by atoms with Gasteiger partial charge in [0.05, 0.1) is 18.9 Å². The summed E-state index contributed by atoms with van der Waals surface area (Å²) in [6, 6.07) is 3.13. The Kier molecular flexibility index (Phi) is 5.69. The van der Waals surface area contributed by atoms with Gasteiger partial charge in [-0.15, -0.1) is 0 Å². The summed E-state index contributed by atoms with van der Waals surface area (Å²) in [5.74, 6) is -1.03. The van der Waals surface area contributed by atoms with Crippen LogP contribution in [0.2, 0.25) is 5.02 Å². The second kappa shape index (κ2) is 6.79.